The van der Waals surface area contributed by atoms with Crippen LogP contribution < -0.4 is 10.6 Å². The molecule has 1 aromatic carbocycles. The molecule has 0 aromatic heterocycles. The maximum Gasteiger partial charge on any atom is 0.0366 e. The second kappa shape index (κ2) is 5.35. The zero-order chi connectivity index (χ0) is 11.4. The number of rotatable bonds is 4. The van der Waals surface area contributed by atoms with Gasteiger partial charge in [-0.1, -0.05) is 24.6 Å². The molecule has 1 aliphatic rings. The zero-order valence-corrected chi connectivity index (χ0v) is 10.1. The van der Waals surface area contributed by atoms with Crippen LogP contribution in [-0.4, -0.2) is 19.1 Å². The Kier molecular flexibility index (Phi) is 3.83. The molecule has 0 bridgehead atoms. The fourth-order valence-corrected chi connectivity index (χ4v) is 2.63. The number of hydrogen-bond acceptors (Lipinski definition) is 2. The van der Waals surface area contributed by atoms with Crippen molar-refractivity contribution in [3.8, 4) is 0 Å². The average molecular weight is 218 g/mol. The zero-order valence-electron chi connectivity index (χ0n) is 10.1. The van der Waals surface area contributed by atoms with E-state index in [1.807, 2.05) is 0 Å². The molecule has 2 unspecified atom stereocenters. The van der Waals surface area contributed by atoms with Gasteiger partial charge in [0.1, 0.15) is 0 Å². The predicted molar refractivity (Wildman–Crippen MR) is 69.6 cm³/mol. The first-order valence-electron chi connectivity index (χ1n) is 6.37. The Bertz CT molecular complexity index is 310. The normalized spacial score (nSPS) is 24.6. The number of anilines is 1. The van der Waals surface area contributed by atoms with E-state index in [0.717, 1.165) is 13.1 Å². The van der Waals surface area contributed by atoms with Gasteiger partial charge in [0.15, 0.2) is 0 Å². The third-order valence-electron chi connectivity index (χ3n) is 3.68. The Morgan fingerprint density at radius 3 is 2.56 bits per heavy atom. The molecule has 1 aromatic rings. The van der Waals surface area contributed by atoms with Crippen molar-refractivity contribution in [3.05, 3.63) is 30.3 Å². The number of benzene rings is 1. The van der Waals surface area contributed by atoms with Gasteiger partial charge < -0.3 is 10.6 Å². The molecule has 0 aliphatic heterocycles. The molecule has 2 heteroatoms. The van der Waals surface area contributed by atoms with Crippen LogP contribution in [0.3, 0.4) is 0 Å². The number of nitrogens with zero attached hydrogens (tertiary/aromatic N) is 1. The Labute approximate surface area is 98.4 Å². The number of hydrogen-bond donors (Lipinski definition) is 1. The van der Waals surface area contributed by atoms with Crippen molar-refractivity contribution >= 4 is 5.69 Å². The summed E-state index contributed by atoms with van der Waals surface area (Å²) >= 11 is 0. The van der Waals surface area contributed by atoms with E-state index in [4.69, 9.17) is 5.73 Å². The largest absolute Gasteiger partial charge is 0.371 e. The fourth-order valence-electron chi connectivity index (χ4n) is 2.63. The molecule has 1 aliphatic carbocycles. The summed E-state index contributed by atoms with van der Waals surface area (Å²) < 4.78 is 0. The second-order valence-corrected chi connectivity index (χ2v) is 4.73. The Morgan fingerprint density at radius 1 is 1.25 bits per heavy atom. The molecule has 2 rings (SSSR count). The Hall–Kier alpha value is -1.02. The van der Waals surface area contributed by atoms with E-state index in [0.29, 0.717) is 12.0 Å². The summed E-state index contributed by atoms with van der Waals surface area (Å²) in [6.45, 7) is 4.39. The highest BCUT2D eigenvalue weighted by Gasteiger charge is 2.25. The standard InChI is InChI=1S/C14H22N2/c1-2-16(13-8-4-3-5-9-13)11-12-7-6-10-14(12)15/h3-5,8-9,12,14H,2,6-7,10-11,15H2,1H3. The van der Waals surface area contributed by atoms with Crippen molar-refractivity contribution in [2.45, 2.75) is 32.2 Å². The van der Waals surface area contributed by atoms with Crippen molar-refractivity contribution in [1.82, 2.24) is 0 Å². The lowest BCUT2D eigenvalue weighted by atomic mass is 10.0. The van der Waals surface area contributed by atoms with E-state index in [-0.39, 0.29) is 0 Å². The molecule has 0 saturated heterocycles. The smallest absolute Gasteiger partial charge is 0.0366 e. The molecule has 0 amide bonds. The minimum Gasteiger partial charge on any atom is -0.371 e. The maximum atomic E-state index is 6.13. The first kappa shape index (κ1) is 11.5. The summed E-state index contributed by atoms with van der Waals surface area (Å²) in [4.78, 5) is 2.44. The molecule has 16 heavy (non-hydrogen) atoms. The monoisotopic (exact) mass is 218 g/mol. The minimum atomic E-state index is 0.415. The predicted octanol–water partition coefficient (Wildman–Crippen LogP) is 2.64. The third-order valence-corrected chi connectivity index (χ3v) is 3.68. The molecule has 2 nitrogen and oxygen atoms in total. The lowest BCUT2D eigenvalue weighted by molar-refractivity contribution is 0.475. The van der Waals surface area contributed by atoms with Crippen molar-refractivity contribution in [2.75, 3.05) is 18.0 Å². The summed E-state index contributed by atoms with van der Waals surface area (Å²) in [6.07, 6.45) is 3.81. The summed E-state index contributed by atoms with van der Waals surface area (Å²) in [5, 5.41) is 0. The van der Waals surface area contributed by atoms with Crippen LogP contribution in [-0.2, 0) is 0 Å². The van der Waals surface area contributed by atoms with Gasteiger partial charge in [0, 0.05) is 24.8 Å². The maximum absolute atomic E-state index is 6.13. The van der Waals surface area contributed by atoms with Crippen molar-refractivity contribution in [1.29, 1.82) is 0 Å². The van der Waals surface area contributed by atoms with E-state index in [1.165, 1.54) is 24.9 Å². The van der Waals surface area contributed by atoms with Crippen LogP contribution in [0.15, 0.2) is 30.3 Å². The van der Waals surface area contributed by atoms with Crippen molar-refractivity contribution in [3.63, 3.8) is 0 Å². The van der Waals surface area contributed by atoms with Crippen LogP contribution in [0.25, 0.3) is 0 Å². The quantitative estimate of drug-likeness (QED) is 0.842. The topological polar surface area (TPSA) is 29.3 Å². The lowest BCUT2D eigenvalue weighted by Gasteiger charge is -2.28. The van der Waals surface area contributed by atoms with Gasteiger partial charge in [-0.2, -0.15) is 0 Å². The van der Waals surface area contributed by atoms with E-state index < -0.39 is 0 Å². The first-order chi connectivity index (χ1) is 7.81. The van der Waals surface area contributed by atoms with Gasteiger partial charge in [-0.25, -0.2) is 0 Å². The molecule has 2 N–H and O–H groups in total. The minimum absolute atomic E-state index is 0.415. The van der Waals surface area contributed by atoms with E-state index >= 15 is 0 Å². The van der Waals surface area contributed by atoms with Crippen molar-refractivity contribution < 1.29 is 0 Å². The summed E-state index contributed by atoms with van der Waals surface area (Å²) in [5.41, 5.74) is 7.46. The summed E-state index contributed by atoms with van der Waals surface area (Å²) in [7, 11) is 0. The molecule has 0 heterocycles. The van der Waals surface area contributed by atoms with Gasteiger partial charge in [-0.05, 0) is 37.8 Å². The lowest BCUT2D eigenvalue weighted by Crippen LogP contribution is -2.36. The highest BCUT2D eigenvalue weighted by molar-refractivity contribution is 5.45. The number of nitrogens with two attached hydrogens (primary N) is 1. The molecule has 2 atom stereocenters. The summed E-state index contributed by atoms with van der Waals surface area (Å²) in [6, 6.07) is 11.1. The first-order valence-corrected chi connectivity index (χ1v) is 6.37. The Morgan fingerprint density at radius 2 is 2.00 bits per heavy atom. The van der Waals surface area contributed by atoms with Gasteiger partial charge in [-0.15, -0.1) is 0 Å². The second-order valence-electron chi connectivity index (χ2n) is 4.73. The molecule has 1 saturated carbocycles. The Balaban J connectivity index is 2.00. The van der Waals surface area contributed by atoms with Crippen LogP contribution in [0.5, 0.6) is 0 Å². The van der Waals surface area contributed by atoms with Gasteiger partial charge in [0.25, 0.3) is 0 Å². The molecule has 0 spiro atoms. The molecule has 0 radical (unpaired) electrons. The highest BCUT2D eigenvalue weighted by atomic mass is 15.1. The van der Waals surface area contributed by atoms with Gasteiger partial charge in [-0.3, -0.25) is 0 Å². The van der Waals surface area contributed by atoms with Crippen LogP contribution in [0, 0.1) is 5.92 Å². The molecular formula is C14H22N2. The summed E-state index contributed by atoms with van der Waals surface area (Å²) in [5.74, 6) is 0.681. The molecular weight excluding hydrogens is 196 g/mol. The van der Waals surface area contributed by atoms with Crippen LogP contribution in [0.4, 0.5) is 5.69 Å². The van der Waals surface area contributed by atoms with Crippen molar-refractivity contribution in [2.24, 2.45) is 11.7 Å². The van der Waals surface area contributed by atoms with Gasteiger partial charge in [0.2, 0.25) is 0 Å². The van der Waals surface area contributed by atoms with Gasteiger partial charge >= 0.3 is 0 Å². The van der Waals surface area contributed by atoms with E-state index in [1.54, 1.807) is 0 Å². The SMILES string of the molecule is CCN(CC1CCCC1N)c1ccccc1. The fraction of sp³-hybridized carbons (Fsp3) is 0.571. The molecule has 88 valence electrons. The van der Waals surface area contributed by atoms with Gasteiger partial charge in [0.05, 0.1) is 0 Å². The molecule has 1 fully saturated rings. The average Bonchev–Trinajstić information content (AvgIpc) is 2.73. The van der Waals surface area contributed by atoms with E-state index in [2.05, 4.69) is 42.2 Å². The highest BCUT2D eigenvalue weighted by Crippen LogP contribution is 2.26. The third kappa shape index (κ3) is 2.56. The van der Waals surface area contributed by atoms with Crippen LogP contribution in [0.1, 0.15) is 26.2 Å². The van der Waals surface area contributed by atoms with Crippen LogP contribution >= 0.6 is 0 Å². The van der Waals surface area contributed by atoms with E-state index in [9.17, 15) is 0 Å². The van der Waals surface area contributed by atoms with Crippen LogP contribution in [0.2, 0.25) is 0 Å². The number of para-hydroxylation sites is 1.